The standard InChI is InChI=1S/C25H24FN3O/c1-18(25(30)28(2)17-20-8-4-3-5-9-20)29-23-11-7-6-10-22(23)27-24(29)16-19-12-14-21(26)15-13-19/h3-15,18H,16-17H2,1-2H3. The van der Waals surface area contributed by atoms with Crippen LogP contribution in [0, 0.1) is 5.82 Å². The highest BCUT2D eigenvalue weighted by Crippen LogP contribution is 2.25. The Hall–Kier alpha value is -3.47. The van der Waals surface area contributed by atoms with Gasteiger partial charge in [0.15, 0.2) is 0 Å². The van der Waals surface area contributed by atoms with E-state index in [-0.39, 0.29) is 11.7 Å². The van der Waals surface area contributed by atoms with E-state index in [1.165, 1.54) is 12.1 Å². The van der Waals surface area contributed by atoms with E-state index in [2.05, 4.69) is 0 Å². The molecule has 152 valence electrons. The third-order valence-electron chi connectivity index (χ3n) is 5.33. The lowest BCUT2D eigenvalue weighted by Crippen LogP contribution is -2.33. The zero-order chi connectivity index (χ0) is 21.1. The van der Waals surface area contributed by atoms with E-state index in [9.17, 15) is 9.18 Å². The van der Waals surface area contributed by atoms with E-state index in [4.69, 9.17) is 4.98 Å². The summed E-state index contributed by atoms with van der Waals surface area (Å²) < 4.78 is 15.3. The molecule has 0 bridgehead atoms. The van der Waals surface area contributed by atoms with Gasteiger partial charge in [-0.05, 0) is 42.3 Å². The van der Waals surface area contributed by atoms with Gasteiger partial charge >= 0.3 is 0 Å². The van der Waals surface area contributed by atoms with Gasteiger partial charge in [-0.1, -0.05) is 54.6 Å². The van der Waals surface area contributed by atoms with E-state index in [1.807, 2.05) is 73.1 Å². The predicted octanol–water partition coefficient (Wildman–Crippen LogP) is 4.99. The molecule has 1 unspecified atom stereocenters. The van der Waals surface area contributed by atoms with E-state index in [1.54, 1.807) is 17.0 Å². The van der Waals surface area contributed by atoms with Crippen molar-refractivity contribution in [2.24, 2.45) is 0 Å². The molecule has 3 aromatic carbocycles. The van der Waals surface area contributed by atoms with Crippen LogP contribution in [-0.2, 0) is 17.8 Å². The van der Waals surface area contributed by atoms with Crippen LogP contribution >= 0.6 is 0 Å². The van der Waals surface area contributed by atoms with Crippen molar-refractivity contribution in [3.05, 3.63) is 102 Å². The van der Waals surface area contributed by atoms with Gasteiger partial charge in [0.1, 0.15) is 17.7 Å². The Labute approximate surface area is 175 Å². The van der Waals surface area contributed by atoms with Crippen molar-refractivity contribution in [1.29, 1.82) is 0 Å². The molecule has 4 rings (SSSR count). The van der Waals surface area contributed by atoms with Gasteiger partial charge < -0.3 is 9.47 Å². The van der Waals surface area contributed by atoms with E-state index in [0.717, 1.165) is 28.0 Å². The van der Waals surface area contributed by atoms with E-state index in [0.29, 0.717) is 13.0 Å². The van der Waals surface area contributed by atoms with Crippen molar-refractivity contribution in [3.63, 3.8) is 0 Å². The molecule has 5 heteroatoms. The maximum Gasteiger partial charge on any atom is 0.245 e. The Balaban J connectivity index is 1.65. The summed E-state index contributed by atoms with van der Waals surface area (Å²) in [6.07, 6.45) is 0.523. The lowest BCUT2D eigenvalue weighted by Gasteiger charge is -2.24. The van der Waals surface area contributed by atoms with Gasteiger partial charge in [0.2, 0.25) is 5.91 Å². The lowest BCUT2D eigenvalue weighted by molar-refractivity contribution is -0.133. The van der Waals surface area contributed by atoms with E-state index >= 15 is 0 Å². The first-order valence-electron chi connectivity index (χ1n) is 10.0. The van der Waals surface area contributed by atoms with Crippen molar-refractivity contribution in [3.8, 4) is 0 Å². The second-order valence-corrected chi connectivity index (χ2v) is 7.55. The Morgan fingerprint density at radius 1 is 0.967 bits per heavy atom. The molecule has 0 aliphatic heterocycles. The number of para-hydroxylation sites is 2. The minimum absolute atomic E-state index is 0.0161. The van der Waals surface area contributed by atoms with Gasteiger partial charge in [-0.3, -0.25) is 4.79 Å². The zero-order valence-corrected chi connectivity index (χ0v) is 17.1. The number of hydrogen-bond donors (Lipinski definition) is 0. The molecule has 1 amide bonds. The highest BCUT2D eigenvalue weighted by atomic mass is 19.1. The smallest absolute Gasteiger partial charge is 0.245 e. The molecular formula is C25H24FN3O. The number of carbonyl (C=O) groups is 1. The van der Waals surface area contributed by atoms with Crippen molar-refractivity contribution in [2.45, 2.75) is 25.9 Å². The topological polar surface area (TPSA) is 38.1 Å². The fourth-order valence-electron chi connectivity index (χ4n) is 3.80. The van der Waals surface area contributed by atoms with Crippen LogP contribution in [0.1, 0.15) is 29.9 Å². The van der Waals surface area contributed by atoms with Crippen LogP contribution < -0.4 is 0 Å². The Kier molecular flexibility index (Phi) is 5.61. The Bertz CT molecular complexity index is 1150. The number of rotatable bonds is 6. The van der Waals surface area contributed by atoms with Crippen LogP contribution in [-0.4, -0.2) is 27.4 Å². The summed E-state index contributed by atoms with van der Waals surface area (Å²) >= 11 is 0. The van der Waals surface area contributed by atoms with Gasteiger partial charge in [-0.2, -0.15) is 0 Å². The quantitative estimate of drug-likeness (QED) is 0.457. The first-order valence-corrected chi connectivity index (χ1v) is 10.0. The molecule has 0 fully saturated rings. The van der Waals surface area contributed by atoms with Gasteiger partial charge in [0, 0.05) is 20.0 Å². The van der Waals surface area contributed by atoms with Crippen LogP contribution in [0.3, 0.4) is 0 Å². The number of benzene rings is 3. The molecule has 0 N–H and O–H groups in total. The van der Waals surface area contributed by atoms with Crippen LogP contribution in [0.15, 0.2) is 78.9 Å². The maximum absolute atomic E-state index is 13.3. The van der Waals surface area contributed by atoms with Gasteiger partial charge in [0.05, 0.1) is 11.0 Å². The number of carbonyl (C=O) groups excluding carboxylic acids is 1. The second-order valence-electron chi connectivity index (χ2n) is 7.55. The summed E-state index contributed by atoms with van der Waals surface area (Å²) in [6, 6.07) is 23.8. The van der Waals surface area contributed by atoms with Crippen molar-refractivity contribution >= 4 is 16.9 Å². The van der Waals surface area contributed by atoms with Gasteiger partial charge in [-0.15, -0.1) is 0 Å². The molecule has 4 aromatic rings. The number of aromatic nitrogens is 2. The SMILES string of the molecule is CC(C(=O)N(C)Cc1ccccc1)n1c(Cc2ccc(F)cc2)nc2ccccc21. The van der Waals surface area contributed by atoms with Crippen LogP contribution in [0.2, 0.25) is 0 Å². The largest absolute Gasteiger partial charge is 0.340 e. The van der Waals surface area contributed by atoms with Crippen molar-refractivity contribution in [2.75, 3.05) is 7.05 Å². The normalized spacial score (nSPS) is 12.1. The van der Waals surface area contributed by atoms with Crippen LogP contribution in [0.25, 0.3) is 11.0 Å². The summed E-state index contributed by atoms with van der Waals surface area (Å²) in [4.78, 5) is 19.8. The molecule has 0 aliphatic rings. The van der Waals surface area contributed by atoms with Gasteiger partial charge in [-0.25, -0.2) is 9.37 Å². The minimum Gasteiger partial charge on any atom is -0.340 e. The molecular weight excluding hydrogens is 377 g/mol. The maximum atomic E-state index is 13.3. The number of imidazole rings is 1. The third kappa shape index (κ3) is 4.10. The lowest BCUT2D eigenvalue weighted by atomic mass is 10.1. The van der Waals surface area contributed by atoms with Crippen LogP contribution in [0.5, 0.6) is 0 Å². The minimum atomic E-state index is -0.415. The summed E-state index contributed by atoms with van der Waals surface area (Å²) in [6.45, 7) is 2.45. The molecule has 0 saturated heterocycles. The summed E-state index contributed by atoms with van der Waals surface area (Å²) in [5.74, 6) is 0.539. The molecule has 0 saturated carbocycles. The summed E-state index contributed by atoms with van der Waals surface area (Å²) in [5.41, 5.74) is 3.80. The molecule has 1 atom stereocenters. The number of amides is 1. The average Bonchev–Trinajstić information content (AvgIpc) is 3.12. The molecule has 30 heavy (non-hydrogen) atoms. The molecule has 4 nitrogen and oxygen atoms in total. The Morgan fingerprint density at radius 3 is 2.37 bits per heavy atom. The highest BCUT2D eigenvalue weighted by molar-refractivity contribution is 5.84. The van der Waals surface area contributed by atoms with Crippen molar-refractivity contribution in [1.82, 2.24) is 14.5 Å². The van der Waals surface area contributed by atoms with E-state index < -0.39 is 6.04 Å². The number of fused-ring (bicyclic) bond motifs is 1. The molecule has 1 heterocycles. The number of hydrogen-bond acceptors (Lipinski definition) is 2. The third-order valence-corrected chi connectivity index (χ3v) is 5.33. The highest BCUT2D eigenvalue weighted by Gasteiger charge is 2.24. The molecule has 0 radical (unpaired) electrons. The second kappa shape index (κ2) is 8.49. The van der Waals surface area contributed by atoms with Gasteiger partial charge in [0.25, 0.3) is 0 Å². The molecule has 0 spiro atoms. The number of likely N-dealkylation sites (N-methyl/N-ethyl adjacent to an activating group) is 1. The monoisotopic (exact) mass is 401 g/mol. The Morgan fingerprint density at radius 2 is 1.63 bits per heavy atom. The summed E-state index contributed by atoms with van der Waals surface area (Å²) in [7, 11) is 1.82. The first-order chi connectivity index (χ1) is 14.5. The number of halogens is 1. The molecule has 0 aliphatic carbocycles. The predicted molar refractivity (Wildman–Crippen MR) is 117 cm³/mol. The number of nitrogens with zero attached hydrogens (tertiary/aromatic N) is 3. The fourth-order valence-corrected chi connectivity index (χ4v) is 3.80. The average molecular weight is 401 g/mol. The first kappa shape index (κ1) is 19.8. The fraction of sp³-hybridized carbons (Fsp3) is 0.200. The molecule has 1 aromatic heterocycles. The zero-order valence-electron chi connectivity index (χ0n) is 17.1. The van der Waals surface area contributed by atoms with Crippen LogP contribution in [0.4, 0.5) is 4.39 Å². The van der Waals surface area contributed by atoms with Crippen molar-refractivity contribution < 1.29 is 9.18 Å². The summed E-state index contributed by atoms with van der Waals surface area (Å²) in [5, 5.41) is 0.